The van der Waals surface area contributed by atoms with Crippen LogP contribution in [0.1, 0.15) is 31.8 Å². The molecule has 0 unspecified atom stereocenters. The number of nitrogens with zero attached hydrogens (tertiary/aromatic N) is 1. The van der Waals surface area contributed by atoms with Gasteiger partial charge in [-0.2, -0.15) is 0 Å². The second-order valence-corrected chi connectivity index (χ2v) is 4.81. The number of non-ortho nitro benzene ring substituents is 1. The van der Waals surface area contributed by atoms with E-state index in [4.69, 9.17) is 0 Å². The molecule has 0 bridgehead atoms. The third kappa shape index (κ3) is 3.54. The highest BCUT2D eigenvalue weighted by Gasteiger charge is 2.15. The third-order valence-electron chi connectivity index (χ3n) is 3.19. The van der Waals surface area contributed by atoms with E-state index >= 15 is 0 Å². The van der Waals surface area contributed by atoms with Gasteiger partial charge in [-0.1, -0.05) is 29.8 Å². The van der Waals surface area contributed by atoms with Crippen LogP contribution in [0.5, 0.6) is 0 Å². The van der Waals surface area contributed by atoms with E-state index in [1.54, 1.807) is 0 Å². The fourth-order valence-electron chi connectivity index (χ4n) is 1.95. The lowest BCUT2D eigenvalue weighted by atomic mass is 10.1. The number of nitro benzene ring substituents is 1. The topological polar surface area (TPSA) is 89.3 Å². The normalized spacial score (nSPS) is 10.0. The van der Waals surface area contributed by atoms with Crippen LogP contribution in [0.2, 0.25) is 0 Å². The average Bonchev–Trinajstić information content (AvgIpc) is 2.53. The van der Waals surface area contributed by atoms with Crippen molar-refractivity contribution < 1.29 is 14.5 Å². The minimum absolute atomic E-state index is 0.00407. The number of rotatable bonds is 5. The van der Waals surface area contributed by atoms with Crippen LogP contribution >= 0.6 is 0 Å². The molecular weight excluding hydrogens is 284 g/mol. The van der Waals surface area contributed by atoms with Crippen LogP contribution in [-0.4, -0.2) is 17.1 Å². The minimum Gasteiger partial charge on any atom is -0.348 e. The molecule has 0 aliphatic carbocycles. The van der Waals surface area contributed by atoms with Gasteiger partial charge < -0.3 is 5.32 Å². The quantitative estimate of drug-likeness (QED) is 0.522. The van der Waals surface area contributed by atoms with E-state index in [2.05, 4.69) is 5.32 Å². The molecule has 0 heterocycles. The molecule has 0 spiro atoms. The first-order valence-electron chi connectivity index (χ1n) is 6.58. The Morgan fingerprint density at radius 1 is 1.23 bits per heavy atom. The molecule has 0 atom stereocenters. The maximum absolute atomic E-state index is 12.1. The van der Waals surface area contributed by atoms with Crippen molar-refractivity contribution in [3.63, 3.8) is 0 Å². The van der Waals surface area contributed by atoms with Gasteiger partial charge in [0.1, 0.15) is 0 Å². The molecule has 2 aromatic rings. The Hall–Kier alpha value is -3.02. The predicted molar refractivity (Wildman–Crippen MR) is 80.8 cm³/mol. The molecule has 6 nitrogen and oxygen atoms in total. The molecule has 0 saturated carbocycles. The summed E-state index contributed by atoms with van der Waals surface area (Å²) in [7, 11) is 0. The maximum Gasteiger partial charge on any atom is 0.270 e. The van der Waals surface area contributed by atoms with Crippen molar-refractivity contribution >= 4 is 17.9 Å². The highest BCUT2D eigenvalue weighted by molar-refractivity contribution is 6.01. The molecule has 0 saturated heterocycles. The Morgan fingerprint density at radius 3 is 2.50 bits per heavy atom. The smallest absolute Gasteiger partial charge is 0.270 e. The first kappa shape index (κ1) is 15.4. The Bertz CT molecular complexity index is 723. The minimum atomic E-state index is -0.610. The molecule has 1 N–H and O–H groups in total. The third-order valence-corrected chi connectivity index (χ3v) is 3.19. The van der Waals surface area contributed by atoms with Gasteiger partial charge in [-0.05, 0) is 18.6 Å². The van der Waals surface area contributed by atoms with Gasteiger partial charge >= 0.3 is 0 Å². The molecular formula is C16H14N2O4. The first-order valence-corrected chi connectivity index (χ1v) is 6.58. The van der Waals surface area contributed by atoms with E-state index < -0.39 is 10.8 Å². The van der Waals surface area contributed by atoms with Crippen LogP contribution < -0.4 is 5.32 Å². The number of aryl methyl sites for hydroxylation is 1. The fraction of sp³-hybridized carbons (Fsp3) is 0.125. The Labute approximate surface area is 126 Å². The number of hydrogen-bond acceptors (Lipinski definition) is 4. The molecule has 0 aromatic heterocycles. The average molecular weight is 298 g/mol. The zero-order chi connectivity index (χ0) is 16.1. The number of nitrogens with one attached hydrogen (secondary N) is 1. The van der Waals surface area contributed by atoms with Crippen molar-refractivity contribution in [1.29, 1.82) is 0 Å². The fourth-order valence-corrected chi connectivity index (χ4v) is 1.95. The zero-order valence-electron chi connectivity index (χ0n) is 11.9. The summed E-state index contributed by atoms with van der Waals surface area (Å²) in [4.78, 5) is 33.2. The van der Waals surface area contributed by atoms with Crippen LogP contribution in [0.15, 0.2) is 42.5 Å². The number of nitro groups is 1. The molecule has 112 valence electrons. The number of hydrogen-bond donors (Lipinski definition) is 1. The largest absolute Gasteiger partial charge is 0.348 e. The molecule has 0 fully saturated rings. The van der Waals surface area contributed by atoms with Crippen LogP contribution in [0.4, 0.5) is 5.69 Å². The van der Waals surface area contributed by atoms with Crippen molar-refractivity contribution in [2.24, 2.45) is 0 Å². The monoisotopic (exact) mass is 298 g/mol. The molecule has 6 heteroatoms. The summed E-state index contributed by atoms with van der Waals surface area (Å²) in [5.41, 5.74) is 1.93. The van der Waals surface area contributed by atoms with E-state index in [0.29, 0.717) is 12.8 Å². The van der Waals surface area contributed by atoms with Gasteiger partial charge in [0.2, 0.25) is 0 Å². The van der Waals surface area contributed by atoms with Gasteiger partial charge in [0.25, 0.3) is 11.6 Å². The summed E-state index contributed by atoms with van der Waals surface area (Å²) in [6, 6.07) is 11.2. The van der Waals surface area contributed by atoms with Gasteiger partial charge in [-0.25, -0.2) is 0 Å². The molecule has 2 rings (SSSR count). The molecule has 1 amide bonds. The summed E-state index contributed by atoms with van der Waals surface area (Å²) >= 11 is 0. The van der Waals surface area contributed by atoms with Crippen LogP contribution in [0, 0.1) is 17.0 Å². The number of carbonyl (C=O) groups is 2. The zero-order valence-corrected chi connectivity index (χ0v) is 11.9. The molecule has 2 aromatic carbocycles. The molecule has 0 aliphatic heterocycles. The summed E-state index contributed by atoms with van der Waals surface area (Å²) in [5.74, 6) is -0.447. The van der Waals surface area contributed by atoms with Gasteiger partial charge in [0, 0.05) is 24.2 Å². The van der Waals surface area contributed by atoms with Gasteiger partial charge in [0.05, 0.1) is 10.5 Å². The summed E-state index contributed by atoms with van der Waals surface area (Å²) in [6.45, 7) is 2.28. The van der Waals surface area contributed by atoms with Crippen molar-refractivity contribution in [2.45, 2.75) is 13.5 Å². The first-order chi connectivity index (χ1) is 10.5. The van der Waals surface area contributed by atoms with E-state index in [1.807, 2.05) is 31.2 Å². The number of aldehydes is 1. The Morgan fingerprint density at radius 2 is 1.91 bits per heavy atom. The number of benzene rings is 2. The number of carbonyl (C=O) groups excluding carboxylic acids is 2. The van der Waals surface area contributed by atoms with Crippen LogP contribution in [0.25, 0.3) is 0 Å². The van der Waals surface area contributed by atoms with E-state index in [0.717, 1.165) is 17.2 Å². The maximum atomic E-state index is 12.1. The van der Waals surface area contributed by atoms with Gasteiger partial charge in [-0.3, -0.25) is 19.7 Å². The standard InChI is InChI=1S/C16H14N2O4/c1-11-2-4-12(5-3-11)9-17-16(20)15-7-6-14(18(21)22)8-13(15)10-19/h2-8,10H,9H2,1H3,(H,17,20). The van der Waals surface area contributed by atoms with Crippen molar-refractivity contribution in [1.82, 2.24) is 5.32 Å². The van der Waals surface area contributed by atoms with E-state index in [1.165, 1.54) is 12.1 Å². The van der Waals surface area contributed by atoms with Crippen molar-refractivity contribution in [2.75, 3.05) is 0 Å². The van der Waals surface area contributed by atoms with Crippen LogP contribution in [0.3, 0.4) is 0 Å². The lowest BCUT2D eigenvalue weighted by Crippen LogP contribution is -2.24. The van der Waals surface area contributed by atoms with E-state index in [-0.39, 0.29) is 16.8 Å². The van der Waals surface area contributed by atoms with Crippen molar-refractivity contribution in [3.05, 3.63) is 74.8 Å². The summed E-state index contributed by atoms with van der Waals surface area (Å²) in [6.07, 6.45) is 0.438. The van der Waals surface area contributed by atoms with Crippen molar-refractivity contribution in [3.8, 4) is 0 Å². The Kier molecular flexibility index (Phi) is 4.63. The second kappa shape index (κ2) is 6.62. The molecule has 0 aliphatic rings. The van der Waals surface area contributed by atoms with Gasteiger partial charge in [0.15, 0.2) is 6.29 Å². The van der Waals surface area contributed by atoms with Gasteiger partial charge in [-0.15, -0.1) is 0 Å². The van der Waals surface area contributed by atoms with E-state index in [9.17, 15) is 19.7 Å². The lowest BCUT2D eigenvalue weighted by molar-refractivity contribution is -0.384. The van der Waals surface area contributed by atoms with Crippen LogP contribution in [-0.2, 0) is 6.54 Å². The predicted octanol–water partition coefficient (Wildman–Crippen LogP) is 2.65. The molecule has 0 radical (unpaired) electrons. The molecule has 22 heavy (non-hydrogen) atoms. The Balaban J connectivity index is 2.13. The highest BCUT2D eigenvalue weighted by atomic mass is 16.6. The second-order valence-electron chi connectivity index (χ2n) is 4.81. The SMILES string of the molecule is Cc1ccc(CNC(=O)c2ccc([N+](=O)[O-])cc2C=O)cc1. The summed E-state index contributed by atoms with van der Waals surface area (Å²) < 4.78 is 0. The number of amides is 1. The lowest BCUT2D eigenvalue weighted by Gasteiger charge is -2.07. The highest BCUT2D eigenvalue weighted by Crippen LogP contribution is 2.16. The summed E-state index contributed by atoms with van der Waals surface area (Å²) in [5, 5.41) is 13.4.